The van der Waals surface area contributed by atoms with Crippen LogP contribution >= 0.6 is 39.7 Å². The molecule has 86 valence electrons. The Labute approximate surface area is 118 Å². The van der Waals surface area contributed by atoms with Gasteiger partial charge in [-0.05, 0) is 23.6 Å². The molecule has 2 heterocycles. The molecule has 0 radical (unpaired) electrons. The highest BCUT2D eigenvalue weighted by Crippen LogP contribution is 2.34. The molecule has 0 spiro atoms. The Balaban J connectivity index is 0.00000108. The molecule has 1 nitrogen and oxygen atoms in total. The molecule has 0 bridgehead atoms. The molecule has 3 rings (SSSR count). The number of rotatable bonds is 1. The number of halogens is 2. The fraction of sp³-hybridized carbons (Fsp3) is 0. The first-order valence-electron chi connectivity index (χ1n) is 4.92. The van der Waals surface area contributed by atoms with Crippen LogP contribution in [0.3, 0.4) is 0 Å². The second kappa shape index (κ2) is 5.17. The minimum absolute atomic E-state index is 0. The van der Waals surface area contributed by atoms with E-state index in [4.69, 9.17) is 0 Å². The van der Waals surface area contributed by atoms with Gasteiger partial charge in [0.1, 0.15) is 0 Å². The summed E-state index contributed by atoms with van der Waals surface area (Å²) in [6, 6.07) is 10.4. The Morgan fingerprint density at radius 2 is 2.06 bits per heavy atom. The highest BCUT2D eigenvalue weighted by atomic mass is 79.9. The van der Waals surface area contributed by atoms with Crippen molar-refractivity contribution >= 4 is 49.8 Å². The number of hydrogen-bond acceptors (Lipinski definition) is 2. The molecule has 3 aromatic rings. The first-order chi connectivity index (χ1) is 7.84. The van der Waals surface area contributed by atoms with Crippen molar-refractivity contribution in [3.63, 3.8) is 0 Å². The van der Waals surface area contributed by atoms with Crippen molar-refractivity contribution in [3.05, 3.63) is 52.6 Å². The van der Waals surface area contributed by atoms with Gasteiger partial charge in [-0.2, -0.15) is 0 Å². The maximum Gasteiger partial charge on any atom is 0.0360 e. The fourth-order valence-electron chi connectivity index (χ4n) is 1.75. The van der Waals surface area contributed by atoms with E-state index < -0.39 is 0 Å². The lowest BCUT2D eigenvalue weighted by Gasteiger charge is -1.98. The van der Waals surface area contributed by atoms with Crippen molar-refractivity contribution in [1.82, 2.24) is 4.98 Å². The van der Waals surface area contributed by atoms with Crippen LogP contribution in [0, 0.1) is 0 Å². The van der Waals surface area contributed by atoms with Crippen LogP contribution in [0.25, 0.3) is 21.2 Å². The minimum atomic E-state index is 0. The van der Waals surface area contributed by atoms with E-state index >= 15 is 0 Å². The molecule has 0 unspecified atom stereocenters. The van der Waals surface area contributed by atoms with Gasteiger partial charge in [0.2, 0.25) is 0 Å². The predicted molar refractivity (Wildman–Crippen MR) is 80.0 cm³/mol. The summed E-state index contributed by atoms with van der Waals surface area (Å²) >= 11 is 5.26. The first-order valence-corrected chi connectivity index (χ1v) is 6.59. The van der Waals surface area contributed by atoms with E-state index in [0.29, 0.717) is 0 Å². The molecule has 1 aromatic carbocycles. The summed E-state index contributed by atoms with van der Waals surface area (Å²) in [4.78, 5) is 4.16. The minimum Gasteiger partial charge on any atom is -0.264 e. The first kappa shape index (κ1) is 12.6. The highest BCUT2D eigenvalue weighted by molar-refractivity contribution is 9.10. The molecule has 0 N–H and O–H groups in total. The van der Waals surface area contributed by atoms with Crippen LogP contribution in [0.1, 0.15) is 0 Å². The maximum absolute atomic E-state index is 4.16. The Kier molecular flexibility index (Phi) is 3.82. The number of aromatic nitrogens is 1. The lowest BCUT2D eigenvalue weighted by atomic mass is 10.1. The largest absolute Gasteiger partial charge is 0.264 e. The zero-order valence-electron chi connectivity index (χ0n) is 8.76. The van der Waals surface area contributed by atoms with Crippen LogP contribution in [-0.2, 0) is 0 Å². The van der Waals surface area contributed by atoms with E-state index in [-0.39, 0.29) is 12.4 Å². The number of thiophene rings is 1. The molecule has 0 amide bonds. The summed E-state index contributed by atoms with van der Waals surface area (Å²) < 4.78 is 2.42. The van der Waals surface area contributed by atoms with E-state index in [1.165, 1.54) is 21.2 Å². The summed E-state index contributed by atoms with van der Waals surface area (Å²) in [5, 5.41) is 3.48. The van der Waals surface area contributed by atoms with Gasteiger partial charge in [-0.25, -0.2) is 0 Å². The quantitative estimate of drug-likeness (QED) is 0.603. The molecule has 0 aliphatic heterocycles. The molecule has 0 saturated carbocycles. The highest BCUT2D eigenvalue weighted by Gasteiger charge is 2.06. The monoisotopic (exact) mass is 325 g/mol. The molecule has 0 fully saturated rings. The van der Waals surface area contributed by atoms with Crippen LogP contribution in [0.4, 0.5) is 0 Å². The van der Waals surface area contributed by atoms with E-state index in [2.05, 4.69) is 50.6 Å². The number of hydrogen-bond donors (Lipinski definition) is 0. The number of benzene rings is 1. The third-order valence-corrected chi connectivity index (χ3v) is 3.95. The zero-order chi connectivity index (χ0) is 11.0. The van der Waals surface area contributed by atoms with Crippen LogP contribution in [0.5, 0.6) is 0 Å². The van der Waals surface area contributed by atoms with Crippen LogP contribution in [-0.4, -0.2) is 4.98 Å². The van der Waals surface area contributed by atoms with Gasteiger partial charge in [0.05, 0.1) is 0 Å². The van der Waals surface area contributed by atoms with Gasteiger partial charge in [-0.3, -0.25) is 4.98 Å². The lowest BCUT2D eigenvalue weighted by molar-refractivity contribution is 1.33. The van der Waals surface area contributed by atoms with Crippen molar-refractivity contribution in [2.75, 3.05) is 0 Å². The maximum atomic E-state index is 4.16. The number of fused-ring (bicyclic) bond motifs is 1. The Bertz CT molecular complexity index is 636. The average Bonchev–Trinajstić information content (AvgIpc) is 2.73. The average molecular weight is 327 g/mol. The Hall–Kier alpha value is -0.900. The molecule has 0 aliphatic rings. The second-order valence-corrected chi connectivity index (χ2v) is 5.36. The number of pyridine rings is 1. The molecule has 4 heteroatoms. The molecule has 17 heavy (non-hydrogen) atoms. The van der Waals surface area contributed by atoms with Crippen molar-refractivity contribution < 1.29 is 0 Å². The summed E-state index contributed by atoms with van der Waals surface area (Å²) in [5.74, 6) is 0. The summed E-state index contributed by atoms with van der Waals surface area (Å²) in [7, 11) is 0. The lowest BCUT2D eigenvalue weighted by Crippen LogP contribution is -1.76. The normalized spacial score (nSPS) is 10.2. The van der Waals surface area contributed by atoms with E-state index in [9.17, 15) is 0 Å². The SMILES string of the molecule is Brc1ccc2c(-c3cccnc3)csc2c1.Cl. The van der Waals surface area contributed by atoms with Gasteiger partial charge in [-0.1, -0.05) is 28.1 Å². The Morgan fingerprint density at radius 1 is 1.18 bits per heavy atom. The van der Waals surface area contributed by atoms with Crippen molar-refractivity contribution in [3.8, 4) is 11.1 Å². The van der Waals surface area contributed by atoms with E-state index in [1.54, 1.807) is 17.5 Å². The van der Waals surface area contributed by atoms with Gasteiger partial charge in [-0.15, -0.1) is 23.7 Å². The number of nitrogens with zero attached hydrogens (tertiary/aromatic N) is 1. The third kappa shape index (κ3) is 2.37. The summed E-state index contributed by atoms with van der Waals surface area (Å²) in [6.07, 6.45) is 3.71. The smallest absolute Gasteiger partial charge is 0.0360 e. The molecule has 0 saturated heterocycles. The van der Waals surface area contributed by atoms with Crippen molar-refractivity contribution in [2.24, 2.45) is 0 Å². The summed E-state index contributed by atoms with van der Waals surface area (Å²) in [6.45, 7) is 0. The van der Waals surface area contributed by atoms with Gasteiger partial charge < -0.3 is 0 Å². The molecule has 2 aromatic heterocycles. The molecular formula is C13H9BrClNS. The van der Waals surface area contributed by atoms with Gasteiger partial charge in [0, 0.05) is 38.1 Å². The van der Waals surface area contributed by atoms with E-state index in [1.807, 2.05) is 12.3 Å². The van der Waals surface area contributed by atoms with Crippen molar-refractivity contribution in [2.45, 2.75) is 0 Å². The second-order valence-electron chi connectivity index (χ2n) is 3.53. The van der Waals surface area contributed by atoms with Gasteiger partial charge in [0.25, 0.3) is 0 Å². The van der Waals surface area contributed by atoms with E-state index in [0.717, 1.165) is 4.47 Å². The van der Waals surface area contributed by atoms with Crippen LogP contribution in [0.2, 0.25) is 0 Å². The van der Waals surface area contributed by atoms with Crippen molar-refractivity contribution in [1.29, 1.82) is 0 Å². The van der Waals surface area contributed by atoms with Gasteiger partial charge in [0.15, 0.2) is 0 Å². The Morgan fingerprint density at radius 3 is 2.82 bits per heavy atom. The molecule has 0 aliphatic carbocycles. The fourth-order valence-corrected chi connectivity index (χ4v) is 3.27. The zero-order valence-corrected chi connectivity index (χ0v) is 12.0. The topological polar surface area (TPSA) is 12.9 Å². The predicted octanol–water partition coefficient (Wildman–Crippen LogP) is 5.15. The van der Waals surface area contributed by atoms with Crippen LogP contribution < -0.4 is 0 Å². The molecular weight excluding hydrogens is 318 g/mol. The van der Waals surface area contributed by atoms with Crippen LogP contribution in [0.15, 0.2) is 52.6 Å². The third-order valence-electron chi connectivity index (χ3n) is 2.51. The standard InChI is InChI=1S/C13H8BrNS.ClH/c14-10-3-4-11-12(8-16-13(11)6-10)9-2-1-5-15-7-9;/h1-8H;1H. The summed E-state index contributed by atoms with van der Waals surface area (Å²) in [5.41, 5.74) is 2.44. The van der Waals surface area contributed by atoms with Gasteiger partial charge >= 0.3 is 0 Å². The molecule has 0 atom stereocenters.